The van der Waals surface area contributed by atoms with Crippen LogP contribution in [0.2, 0.25) is 0 Å². The summed E-state index contributed by atoms with van der Waals surface area (Å²) in [6.07, 6.45) is 4.20. The first kappa shape index (κ1) is 24.2. The van der Waals surface area contributed by atoms with E-state index in [9.17, 15) is 8.42 Å². The first-order valence-corrected chi connectivity index (χ1v) is 13.7. The molecule has 4 rings (SSSR count). The van der Waals surface area contributed by atoms with Gasteiger partial charge in [0.25, 0.3) is 0 Å². The quantitative estimate of drug-likeness (QED) is 0.565. The Hall–Kier alpha value is -1.89. The smallest absolute Gasteiger partial charge is 0.243 e. The van der Waals surface area contributed by atoms with E-state index in [1.54, 1.807) is 16.4 Å². The molecule has 1 spiro atoms. The maximum absolute atomic E-state index is 13.1. The molecule has 0 bridgehead atoms. The molecular weight excluding hydrogens is 432 g/mol. The van der Waals surface area contributed by atoms with E-state index >= 15 is 0 Å². The van der Waals surface area contributed by atoms with E-state index in [-0.39, 0.29) is 5.41 Å². The largest absolute Gasteiger partial charge is 0.493 e. The summed E-state index contributed by atoms with van der Waals surface area (Å²) in [5.74, 6) is 1.51. The highest BCUT2D eigenvalue weighted by Crippen LogP contribution is 2.42. The molecule has 0 saturated carbocycles. The van der Waals surface area contributed by atoms with Crippen LogP contribution < -0.4 is 4.74 Å². The van der Waals surface area contributed by atoms with Gasteiger partial charge in [0, 0.05) is 25.2 Å². The molecule has 2 aliphatic heterocycles. The molecule has 2 aromatic rings. The fourth-order valence-electron chi connectivity index (χ4n) is 5.08. The normalized spacial score (nSPS) is 19.8. The van der Waals surface area contributed by atoms with Crippen molar-refractivity contribution < 1.29 is 13.2 Å². The highest BCUT2D eigenvalue weighted by Gasteiger charge is 2.40. The molecule has 0 aromatic heterocycles. The van der Waals surface area contributed by atoms with Crippen molar-refractivity contribution in [3.8, 4) is 5.75 Å². The third-order valence-electron chi connectivity index (χ3n) is 7.27. The van der Waals surface area contributed by atoms with E-state index < -0.39 is 10.0 Å². The molecule has 33 heavy (non-hydrogen) atoms. The molecule has 0 atom stereocenters. The number of hydrogen-bond donors (Lipinski definition) is 0. The fraction of sp³-hybridized carbons (Fsp3) is 0.556. The van der Waals surface area contributed by atoms with Gasteiger partial charge < -0.3 is 4.74 Å². The monoisotopic (exact) mass is 470 g/mol. The van der Waals surface area contributed by atoms with Gasteiger partial charge in [0.05, 0.1) is 11.5 Å². The van der Waals surface area contributed by atoms with E-state index in [0.29, 0.717) is 23.9 Å². The van der Waals surface area contributed by atoms with Crippen molar-refractivity contribution in [2.75, 3.05) is 32.8 Å². The van der Waals surface area contributed by atoms with Crippen LogP contribution in [0.15, 0.2) is 53.4 Å². The molecule has 0 amide bonds. The molecule has 5 nitrogen and oxygen atoms in total. The average Bonchev–Trinajstić information content (AvgIpc) is 2.80. The summed E-state index contributed by atoms with van der Waals surface area (Å²) in [6, 6.07) is 15.6. The molecule has 2 heterocycles. The zero-order chi connectivity index (χ0) is 23.5. The number of benzene rings is 2. The topological polar surface area (TPSA) is 49.9 Å². The maximum atomic E-state index is 13.1. The number of para-hydroxylation sites is 1. The molecular formula is C27H38N2O3S. The van der Waals surface area contributed by atoms with Crippen molar-refractivity contribution in [2.24, 2.45) is 11.3 Å². The number of aryl methyl sites for hydroxylation is 1. The van der Waals surface area contributed by atoms with Gasteiger partial charge in [-0.2, -0.15) is 4.31 Å². The van der Waals surface area contributed by atoms with Crippen LogP contribution in [-0.4, -0.2) is 50.4 Å². The zero-order valence-electron chi connectivity index (χ0n) is 20.3. The Labute approximate surface area is 199 Å². The van der Waals surface area contributed by atoms with Crippen LogP contribution in [0.1, 0.15) is 50.7 Å². The average molecular weight is 471 g/mol. The lowest BCUT2D eigenvalue weighted by Crippen LogP contribution is -2.48. The van der Waals surface area contributed by atoms with E-state index in [2.05, 4.69) is 36.9 Å². The number of sulfonamides is 1. The second-order valence-corrected chi connectivity index (χ2v) is 12.2. The lowest BCUT2D eigenvalue weighted by molar-refractivity contribution is 0.0525. The standard InChI is InChI=1S/C27H38N2O3S/c1-22(2)21-32-26-10-5-4-8-24(26)20-28-15-11-27(12-16-28)13-17-29(18-14-27)33(30,31)25-9-6-7-23(3)19-25/h4-10,19,22H,11-18,20-21H2,1-3H3. The molecule has 180 valence electrons. The summed E-state index contributed by atoms with van der Waals surface area (Å²) in [5.41, 5.74) is 2.52. The molecule has 2 aromatic carbocycles. The van der Waals surface area contributed by atoms with Crippen molar-refractivity contribution >= 4 is 10.0 Å². The van der Waals surface area contributed by atoms with E-state index in [1.165, 1.54) is 5.56 Å². The minimum absolute atomic E-state index is 0.281. The van der Waals surface area contributed by atoms with Gasteiger partial charge >= 0.3 is 0 Å². The van der Waals surface area contributed by atoms with E-state index in [4.69, 9.17) is 4.74 Å². The van der Waals surface area contributed by atoms with Crippen molar-refractivity contribution in [1.29, 1.82) is 0 Å². The van der Waals surface area contributed by atoms with Crippen LogP contribution in [-0.2, 0) is 16.6 Å². The Balaban J connectivity index is 1.32. The summed E-state index contributed by atoms with van der Waals surface area (Å²) in [5, 5.41) is 0. The van der Waals surface area contributed by atoms with Gasteiger partial charge in [-0.3, -0.25) is 4.90 Å². The first-order chi connectivity index (χ1) is 15.8. The van der Waals surface area contributed by atoms with Crippen LogP contribution >= 0.6 is 0 Å². The molecule has 2 aliphatic rings. The molecule has 0 N–H and O–H groups in total. The zero-order valence-corrected chi connectivity index (χ0v) is 21.1. The predicted octanol–water partition coefficient (Wildman–Crippen LogP) is 5.10. The number of likely N-dealkylation sites (tertiary alicyclic amines) is 1. The lowest BCUT2D eigenvalue weighted by Gasteiger charge is -2.46. The van der Waals surface area contributed by atoms with E-state index in [0.717, 1.165) is 63.2 Å². The summed E-state index contributed by atoms with van der Waals surface area (Å²) in [7, 11) is -3.40. The Bertz CT molecular complexity index is 1030. The van der Waals surface area contributed by atoms with Gasteiger partial charge in [-0.05, 0) is 80.8 Å². The Morgan fingerprint density at radius 3 is 2.27 bits per heavy atom. The first-order valence-electron chi connectivity index (χ1n) is 12.3. The number of hydrogen-bond acceptors (Lipinski definition) is 4. The Morgan fingerprint density at radius 1 is 0.939 bits per heavy atom. The Kier molecular flexibility index (Phi) is 7.46. The van der Waals surface area contributed by atoms with Gasteiger partial charge in [-0.1, -0.05) is 44.2 Å². The minimum atomic E-state index is -3.40. The highest BCUT2D eigenvalue weighted by molar-refractivity contribution is 7.89. The summed E-state index contributed by atoms with van der Waals surface area (Å²) in [4.78, 5) is 2.95. The van der Waals surface area contributed by atoms with Crippen molar-refractivity contribution in [2.45, 2.75) is 57.9 Å². The van der Waals surface area contributed by atoms with Crippen LogP contribution in [0.5, 0.6) is 5.75 Å². The van der Waals surface area contributed by atoms with Gasteiger partial charge in [-0.15, -0.1) is 0 Å². The van der Waals surface area contributed by atoms with Crippen LogP contribution in [0.3, 0.4) is 0 Å². The lowest BCUT2D eigenvalue weighted by atomic mass is 9.71. The second kappa shape index (κ2) is 10.2. The summed E-state index contributed by atoms with van der Waals surface area (Å²) in [6.45, 7) is 11.3. The molecule has 2 fully saturated rings. The number of nitrogens with zero attached hydrogens (tertiary/aromatic N) is 2. The van der Waals surface area contributed by atoms with E-state index in [1.807, 2.05) is 25.1 Å². The SMILES string of the molecule is Cc1cccc(S(=O)(=O)N2CCC3(CCN(Cc4ccccc4OCC(C)C)CC3)CC2)c1. The molecule has 0 radical (unpaired) electrons. The number of rotatable bonds is 7. The van der Waals surface area contributed by atoms with Crippen molar-refractivity contribution in [3.05, 3.63) is 59.7 Å². The van der Waals surface area contributed by atoms with Crippen molar-refractivity contribution in [1.82, 2.24) is 9.21 Å². The molecule has 6 heteroatoms. The minimum Gasteiger partial charge on any atom is -0.493 e. The van der Waals surface area contributed by atoms with Gasteiger partial charge in [0.15, 0.2) is 0 Å². The highest BCUT2D eigenvalue weighted by atomic mass is 32.2. The van der Waals surface area contributed by atoms with Crippen LogP contribution in [0.25, 0.3) is 0 Å². The summed E-state index contributed by atoms with van der Waals surface area (Å²) < 4.78 is 33.9. The van der Waals surface area contributed by atoms with Crippen molar-refractivity contribution in [3.63, 3.8) is 0 Å². The predicted molar refractivity (Wildman–Crippen MR) is 133 cm³/mol. The third kappa shape index (κ3) is 5.79. The van der Waals surface area contributed by atoms with Gasteiger partial charge in [0.1, 0.15) is 5.75 Å². The molecule has 0 unspecified atom stereocenters. The Morgan fingerprint density at radius 2 is 1.61 bits per heavy atom. The maximum Gasteiger partial charge on any atom is 0.243 e. The van der Waals surface area contributed by atoms with Gasteiger partial charge in [-0.25, -0.2) is 8.42 Å². The summed E-state index contributed by atoms with van der Waals surface area (Å²) >= 11 is 0. The second-order valence-electron chi connectivity index (χ2n) is 10.3. The molecule has 0 aliphatic carbocycles. The van der Waals surface area contributed by atoms with Crippen LogP contribution in [0, 0.1) is 18.3 Å². The van der Waals surface area contributed by atoms with Crippen LogP contribution in [0.4, 0.5) is 0 Å². The van der Waals surface area contributed by atoms with Gasteiger partial charge in [0.2, 0.25) is 10.0 Å². The number of piperidine rings is 2. The molecule has 2 saturated heterocycles. The third-order valence-corrected chi connectivity index (χ3v) is 9.16. The number of ether oxygens (including phenoxy) is 1. The fourth-order valence-corrected chi connectivity index (χ4v) is 6.63.